The lowest BCUT2D eigenvalue weighted by molar-refractivity contribution is -0.119. The lowest BCUT2D eigenvalue weighted by Gasteiger charge is -2.21. The van der Waals surface area contributed by atoms with E-state index in [0.29, 0.717) is 18.1 Å². The first kappa shape index (κ1) is 12.3. The second-order valence-corrected chi connectivity index (χ2v) is 6.89. The summed E-state index contributed by atoms with van der Waals surface area (Å²) in [5.41, 5.74) is 0. The maximum absolute atomic E-state index is 11.9. The third-order valence-corrected chi connectivity index (χ3v) is 4.54. The zero-order chi connectivity index (χ0) is 11.4. The normalized spacial score (nSPS) is 20.9. The number of halogens is 1. The molecule has 0 bridgehead atoms. The van der Waals surface area contributed by atoms with Gasteiger partial charge in [0.15, 0.2) is 0 Å². The van der Waals surface area contributed by atoms with E-state index in [1.165, 1.54) is 17.7 Å². The summed E-state index contributed by atoms with van der Waals surface area (Å²) in [7, 11) is 0. The van der Waals surface area contributed by atoms with Crippen LogP contribution in [0, 0.1) is 5.92 Å². The Hall–Kier alpha value is -0.190. The van der Waals surface area contributed by atoms with Crippen LogP contribution in [-0.2, 0) is 11.2 Å². The van der Waals surface area contributed by atoms with Gasteiger partial charge in [0.05, 0.1) is 3.79 Å². The molecule has 0 spiro atoms. The van der Waals surface area contributed by atoms with Crippen LogP contribution in [0.5, 0.6) is 0 Å². The Bertz CT molecular complexity index is 358. The Balaban J connectivity index is 1.79. The number of hydrogen-bond donors (Lipinski definition) is 1. The van der Waals surface area contributed by atoms with Crippen molar-refractivity contribution in [3.05, 3.63) is 20.8 Å². The van der Waals surface area contributed by atoms with E-state index in [2.05, 4.69) is 21.2 Å². The average molecular weight is 302 g/mol. The third-order valence-electron chi connectivity index (χ3n) is 2.92. The standard InChI is InChI=1S/C12H16BrNOS/c13-12-4-3-11(16-12)7-10(15)6-9-2-1-5-14-8-9/h3-4,9,14H,1-2,5-8H2. The van der Waals surface area contributed by atoms with Crippen molar-refractivity contribution in [3.63, 3.8) is 0 Å². The van der Waals surface area contributed by atoms with E-state index in [1.807, 2.05) is 12.1 Å². The Kier molecular flexibility index (Phi) is 4.55. The van der Waals surface area contributed by atoms with E-state index in [0.717, 1.165) is 23.3 Å². The quantitative estimate of drug-likeness (QED) is 0.926. The van der Waals surface area contributed by atoms with Gasteiger partial charge in [-0.3, -0.25) is 4.79 Å². The predicted octanol–water partition coefficient (Wildman–Crippen LogP) is 3.01. The van der Waals surface area contributed by atoms with Gasteiger partial charge in [-0.1, -0.05) is 0 Å². The molecule has 1 N–H and O–H groups in total. The molecule has 4 heteroatoms. The minimum Gasteiger partial charge on any atom is -0.316 e. The second kappa shape index (κ2) is 5.94. The molecule has 0 amide bonds. The van der Waals surface area contributed by atoms with E-state index < -0.39 is 0 Å². The topological polar surface area (TPSA) is 29.1 Å². The van der Waals surface area contributed by atoms with Crippen molar-refractivity contribution in [1.82, 2.24) is 5.32 Å². The van der Waals surface area contributed by atoms with Gasteiger partial charge in [-0.25, -0.2) is 0 Å². The lowest BCUT2D eigenvalue weighted by Crippen LogP contribution is -2.31. The van der Waals surface area contributed by atoms with Crippen LogP contribution in [0.4, 0.5) is 0 Å². The minimum absolute atomic E-state index is 0.378. The van der Waals surface area contributed by atoms with Gasteiger partial charge in [0.25, 0.3) is 0 Å². The number of carbonyl (C=O) groups is 1. The predicted molar refractivity (Wildman–Crippen MR) is 70.9 cm³/mol. The first-order valence-electron chi connectivity index (χ1n) is 5.70. The molecular formula is C12H16BrNOS. The molecule has 1 aromatic rings. The van der Waals surface area contributed by atoms with Crippen LogP contribution in [0.15, 0.2) is 15.9 Å². The summed E-state index contributed by atoms with van der Waals surface area (Å²) in [5.74, 6) is 0.938. The van der Waals surface area contributed by atoms with Crippen molar-refractivity contribution in [2.75, 3.05) is 13.1 Å². The Morgan fingerprint density at radius 2 is 2.44 bits per heavy atom. The van der Waals surface area contributed by atoms with E-state index in [-0.39, 0.29) is 0 Å². The van der Waals surface area contributed by atoms with Gasteiger partial charge in [0, 0.05) is 17.7 Å². The maximum Gasteiger partial charge on any atom is 0.138 e. The molecule has 0 aliphatic carbocycles. The number of thiophene rings is 1. The van der Waals surface area contributed by atoms with Crippen LogP contribution >= 0.6 is 27.3 Å². The molecule has 1 aromatic heterocycles. The van der Waals surface area contributed by atoms with E-state index in [1.54, 1.807) is 11.3 Å². The monoisotopic (exact) mass is 301 g/mol. The molecular weight excluding hydrogens is 286 g/mol. The third kappa shape index (κ3) is 3.68. The smallest absolute Gasteiger partial charge is 0.138 e. The SMILES string of the molecule is O=C(Cc1ccc(Br)s1)CC1CCCNC1. The maximum atomic E-state index is 11.9. The first-order chi connectivity index (χ1) is 7.74. The summed E-state index contributed by atoms with van der Waals surface area (Å²) < 4.78 is 1.11. The number of hydrogen-bond acceptors (Lipinski definition) is 3. The molecule has 88 valence electrons. The largest absolute Gasteiger partial charge is 0.316 e. The van der Waals surface area contributed by atoms with Crippen molar-refractivity contribution < 1.29 is 4.79 Å². The fraction of sp³-hybridized carbons (Fsp3) is 0.583. The Morgan fingerprint density at radius 3 is 3.06 bits per heavy atom. The van der Waals surface area contributed by atoms with Gasteiger partial charge in [-0.15, -0.1) is 11.3 Å². The molecule has 0 radical (unpaired) electrons. The zero-order valence-corrected chi connectivity index (χ0v) is 11.6. The number of rotatable bonds is 4. The molecule has 1 saturated heterocycles. The molecule has 1 atom stereocenters. The molecule has 2 nitrogen and oxygen atoms in total. The van der Waals surface area contributed by atoms with Gasteiger partial charge in [-0.2, -0.15) is 0 Å². The van der Waals surface area contributed by atoms with Crippen LogP contribution in [-0.4, -0.2) is 18.9 Å². The van der Waals surface area contributed by atoms with Gasteiger partial charge in [0.1, 0.15) is 5.78 Å². The van der Waals surface area contributed by atoms with Gasteiger partial charge >= 0.3 is 0 Å². The Labute approximate surface area is 109 Å². The Morgan fingerprint density at radius 1 is 1.56 bits per heavy atom. The van der Waals surface area contributed by atoms with Crippen LogP contribution in [0.2, 0.25) is 0 Å². The number of Topliss-reactive ketones (excluding diaryl/α,β-unsaturated/α-hetero) is 1. The van der Waals surface area contributed by atoms with Crippen molar-refractivity contribution in [1.29, 1.82) is 0 Å². The highest BCUT2D eigenvalue weighted by atomic mass is 79.9. The average Bonchev–Trinajstić information content (AvgIpc) is 2.65. The molecule has 2 rings (SSSR count). The zero-order valence-electron chi connectivity index (χ0n) is 9.17. The molecule has 0 aromatic carbocycles. The summed E-state index contributed by atoms with van der Waals surface area (Å²) in [6.07, 6.45) is 3.75. The second-order valence-electron chi connectivity index (χ2n) is 4.34. The number of carbonyl (C=O) groups excluding carboxylic acids is 1. The van der Waals surface area contributed by atoms with E-state index in [9.17, 15) is 4.79 Å². The highest BCUT2D eigenvalue weighted by Gasteiger charge is 2.17. The fourth-order valence-electron chi connectivity index (χ4n) is 2.13. The summed E-state index contributed by atoms with van der Waals surface area (Å²) >= 11 is 5.08. The molecule has 1 unspecified atom stereocenters. The molecule has 1 fully saturated rings. The van der Waals surface area contributed by atoms with Gasteiger partial charge < -0.3 is 5.32 Å². The number of piperidine rings is 1. The summed E-state index contributed by atoms with van der Waals surface area (Å²) in [4.78, 5) is 13.0. The highest BCUT2D eigenvalue weighted by molar-refractivity contribution is 9.11. The van der Waals surface area contributed by atoms with Crippen LogP contribution < -0.4 is 5.32 Å². The minimum atomic E-state index is 0.378. The summed E-state index contributed by atoms with van der Waals surface area (Å²) in [6, 6.07) is 4.04. The molecule has 1 aliphatic rings. The van der Waals surface area contributed by atoms with Crippen molar-refractivity contribution in [2.24, 2.45) is 5.92 Å². The van der Waals surface area contributed by atoms with Crippen molar-refractivity contribution in [3.8, 4) is 0 Å². The fourth-order valence-corrected chi connectivity index (χ4v) is 3.65. The molecule has 1 aliphatic heterocycles. The number of ketones is 1. The van der Waals surface area contributed by atoms with E-state index >= 15 is 0 Å². The molecule has 0 saturated carbocycles. The van der Waals surface area contributed by atoms with Crippen molar-refractivity contribution in [2.45, 2.75) is 25.7 Å². The van der Waals surface area contributed by atoms with Crippen molar-refractivity contribution >= 4 is 33.0 Å². The molecule has 2 heterocycles. The lowest BCUT2D eigenvalue weighted by atomic mass is 9.93. The van der Waals surface area contributed by atoms with E-state index in [4.69, 9.17) is 0 Å². The first-order valence-corrected chi connectivity index (χ1v) is 7.31. The molecule has 16 heavy (non-hydrogen) atoms. The summed E-state index contributed by atoms with van der Waals surface area (Å²) in [5, 5.41) is 3.35. The van der Waals surface area contributed by atoms with Crippen LogP contribution in [0.25, 0.3) is 0 Å². The van der Waals surface area contributed by atoms with Crippen LogP contribution in [0.1, 0.15) is 24.1 Å². The van der Waals surface area contributed by atoms with Crippen LogP contribution in [0.3, 0.4) is 0 Å². The highest BCUT2D eigenvalue weighted by Crippen LogP contribution is 2.23. The summed E-state index contributed by atoms with van der Waals surface area (Å²) in [6.45, 7) is 2.13. The van der Waals surface area contributed by atoms with Gasteiger partial charge in [-0.05, 0) is 59.9 Å². The van der Waals surface area contributed by atoms with Gasteiger partial charge in [0.2, 0.25) is 0 Å². The number of nitrogens with one attached hydrogen (secondary N) is 1.